The van der Waals surface area contributed by atoms with Crippen molar-refractivity contribution in [3.8, 4) is 0 Å². The van der Waals surface area contributed by atoms with Crippen LogP contribution < -0.4 is 5.32 Å². The Kier molecular flexibility index (Phi) is 3.08. The molecule has 5 nitrogen and oxygen atoms in total. The Balaban J connectivity index is 2.01. The van der Waals surface area contributed by atoms with Crippen LogP contribution in [0.2, 0.25) is 0 Å². The zero-order chi connectivity index (χ0) is 14.1. The third kappa shape index (κ3) is 2.21. The summed E-state index contributed by atoms with van der Waals surface area (Å²) in [5.74, 6) is -0.949. The van der Waals surface area contributed by atoms with Gasteiger partial charge in [0.25, 0.3) is 0 Å². The molecule has 2 N–H and O–H groups in total. The van der Waals surface area contributed by atoms with E-state index >= 15 is 0 Å². The van der Waals surface area contributed by atoms with Crippen molar-refractivity contribution in [2.75, 3.05) is 5.32 Å². The zero-order valence-corrected chi connectivity index (χ0v) is 11.4. The molecule has 1 aromatic carbocycles. The van der Waals surface area contributed by atoms with E-state index in [0.717, 1.165) is 27.8 Å². The maximum absolute atomic E-state index is 11.0. The summed E-state index contributed by atoms with van der Waals surface area (Å²) in [4.78, 5) is 19.6. The number of nitrogens with one attached hydrogen (secondary N) is 1. The summed E-state index contributed by atoms with van der Waals surface area (Å²) >= 11 is 1.13. The molecule has 0 amide bonds. The molecular formula is C14H11N3O2S. The number of anilines is 2. The summed E-state index contributed by atoms with van der Waals surface area (Å²) < 4.78 is 0. The Morgan fingerprint density at radius 2 is 2.20 bits per heavy atom. The highest BCUT2D eigenvalue weighted by Gasteiger charge is 2.14. The molecule has 0 fully saturated rings. The van der Waals surface area contributed by atoms with Crippen molar-refractivity contribution in [3.63, 3.8) is 0 Å². The van der Waals surface area contributed by atoms with Gasteiger partial charge in [-0.1, -0.05) is 23.5 Å². The molecule has 2 heterocycles. The average molecular weight is 285 g/mol. The number of carboxylic acid groups (broad SMARTS) is 1. The van der Waals surface area contributed by atoms with Gasteiger partial charge in [0.1, 0.15) is 4.88 Å². The van der Waals surface area contributed by atoms with Crippen LogP contribution in [0.1, 0.15) is 15.4 Å². The van der Waals surface area contributed by atoms with Gasteiger partial charge in [-0.15, -0.1) is 0 Å². The first kappa shape index (κ1) is 12.6. The minimum atomic E-state index is -0.949. The first-order valence-corrected chi connectivity index (χ1v) is 6.77. The van der Waals surface area contributed by atoms with E-state index in [1.807, 2.05) is 24.3 Å². The van der Waals surface area contributed by atoms with Crippen LogP contribution in [0.5, 0.6) is 0 Å². The Bertz CT molecular complexity index is 793. The van der Waals surface area contributed by atoms with Crippen LogP contribution in [0.25, 0.3) is 10.8 Å². The van der Waals surface area contributed by atoms with E-state index in [2.05, 4.69) is 15.3 Å². The third-order valence-corrected chi connectivity index (χ3v) is 3.97. The highest BCUT2D eigenvalue weighted by atomic mass is 32.1. The largest absolute Gasteiger partial charge is 0.477 e. The number of fused-ring (bicyclic) bond motifs is 1. The fourth-order valence-corrected chi connectivity index (χ4v) is 2.81. The number of carbonyl (C=O) groups is 1. The van der Waals surface area contributed by atoms with E-state index in [1.165, 1.54) is 0 Å². The molecule has 0 spiro atoms. The lowest BCUT2D eigenvalue weighted by Gasteiger charge is -2.06. The number of hydrogen-bond acceptors (Lipinski definition) is 5. The zero-order valence-electron chi connectivity index (χ0n) is 10.6. The van der Waals surface area contributed by atoms with Gasteiger partial charge >= 0.3 is 5.97 Å². The van der Waals surface area contributed by atoms with Crippen molar-refractivity contribution in [3.05, 3.63) is 47.2 Å². The molecule has 0 aliphatic carbocycles. The summed E-state index contributed by atoms with van der Waals surface area (Å²) in [5, 5.41) is 14.8. The summed E-state index contributed by atoms with van der Waals surface area (Å²) in [7, 11) is 0. The second kappa shape index (κ2) is 4.90. The molecule has 0 saturated heterocycles. The number of pyridine rings is 1. The standard InChI is InChI=1S/C14H11N3O2S/c1-8-12(13(18)19)20-14(16-8)17-11-4-2-3-9-7-15-6-5-10(9)11/h2-7H,1H3,(H,16,17)(H,18,19). The van der Waals surface area contributed by atoms with E-state index in [4.69, 9.17) is 5.11 Å². The van der Waals surface area contributed by atoms with Gasteiger partial charge in [-0.2, -0.15) is 0 Å². The number of benzene rings is 1. The predicted molar refractivity (Wildman–Crippen MR) is 78.8 cm³/mol. The fraction of sp³-hybridized carbons (Fsp3) is 0.0714. The first-order chi connectivity index (χ1) is 9.65. The molecule has 0 atom stereocenters. The quantitative estimate of drug-likeness (QED) is 0.771. The monoisotopic (exact) mass is 285 g/mol. The SMILES string of the molecule is Cc1nc(Nc2cccc3cnccc23)sc1C(=O)O. The molecule has 100 valence electrons. The van der Waals surface area contributed by atoms with Crippen LogP contribution in [0.3, 0.4) is 0 Å². The number of rotatable bonds is 3. The molecule has 0 saturated carbocycles. The topological polar surface area (TPSA) is 75.1 Å². The van der Waals surface area contributed by atoms with Gasteiger partial charge in [0.15, 0.2) is 5.13 Å². The van der Waals surface area contributed by atoms with E-state index < -0.39 is 5.97 Å². The Morgan fingerprint density at radius 3 is 2.95 bits per heavy atom. The smallest absolute Gasteiger partial charge is 0.347 e. The summed E-state index contributed by atoms with van der Waals surface area (Å²) in [6.45, 7) is 1.69. The Hall–Kier alpha value is -2.47. The summed E-state index contributed by atoms with van der Waals surface area (Å²) in [6, 6.07) is 7.74. The molecule has 0 aliphatic rings. The molecular weight excluding hydrogens is 274 g/mol. The van der Waals surface area contributed by atoms with Crippen molar-refractivity contribution < 1.29 is 9.90 Å². The molecule has 0 bridgehead atoms. The van der Waals surface area contributed by atoms with Crippen LogP contribution >= 0.6 is 11.3 Å². The molecule has 0 aliphatic heterocycles. The lowest BCUT2D eigenvalue weighted by molar-refractivity contribution is 0.0701. The summed E-state index contributed by atoms with van der Waals surface area (Å²) in [5.41, 5.74) is 1.41. The highest BCUT2D eigenvalue weighted by Crippen LogP contribution is 2.29. The minimum absolute atomic E-state index is 0.259. The second-order valence-corrected chi connectivity index (χ2v) is 5.27. The molecule has 6 heteroatoms. The average Bonchev–Trinajstić information content (AvgIpc) is 2.80. The van der Waals surface area contributed by atoms with Gasteiger partial charge in [0, 0.05) is 28.9 Å². The number of carboxylic acids is 1. The van der Waals surface area contributed by atoms with E-state index in [9.17, 15) is 4.79 Å². The Morgan fingerprint density at radius 1 is 1.35 bits per heavy atom. The number of nitrogens with zero attached hydrogens (tertiary/aromatic N) is 2. The van der Waals surface area contributed by atoms with Crippen LogP contribution in [0, 0.1) is 6.92 Å². The fourth-order valence-electron chi connectivity index (χ4n) is 2.00. The van der Waals surface area contributed by atoms with Crippen LogP contribution in [-0.4, -0.2) is 21.0 Å². The molecule has 20 heavy (non-hydrogen) atoms. The number of thiazole rings is 1. The summed E-state index contributed by atoms with van der Waals surface area (Å²) in [6.07, 6.45) is 3.51. The van der Waals surface area contributed by atoms with Crippen molar-refractivity contribution in [1.82, 2.24) is 9.97 Å². The van der Waals surface area contributed by atoms with Crippen LogP contribution in [0.4, 0.5) is 10.8 Å². The van der Waals surface area contributed by atoms with Crippen molar-refractivity contribution in [1.29, 1.82) is 0 Å². The first-order valence-electron chi connectivity index (χ1n) is 5.95. The van der Waals surface area contributed by atoms with Gasteiger partial charge in [-0.25, -0.2) is 9.78 Å². The van der Waals surface area contributed by atoms with Crippen molar-refractivity contribution >= 4 is 38.9 Å². The molecule has 3 aromatic rings. The normalized spacial score (nSPS) is 10.7. The van der Waals surface area contributed by atoms with Gasteiger partial charge in [-0.05, 0) is 19.1 Å². The highest BCUT2D eigenvalue weighted by molar-refractivity contribution is 7.17. The lowest BCUT2D eigenvalue weighted by Crippen LogP contribution is -1.94. The van der Waals surface area contributed by atoms with Crippen LogP contribution in [-0.2, 0) is 0 Å². The minimum Gasteiger partial charge on any atom is -0.477 e. The molecule has 0 radical (unpaired) electrons. The van der Waals surface area contributed by atoms with Gasteiger partial charge in [0.05, 0.1) is 5.69 Å². The van der Waals surface area contributed by atoms with Crippen LogP contribution in [0.15, 0.2) is 36.7 Å². The molecule has 2 aromatic heterocycles. The maximum atomic E-state index is 11.0. The maximum Gasteiger partial charge on any atom is 0.347 e. The van der Waals surface area contributed by atoms with Crippen molar-refractivity contribution in [2.45, 2.75) is 6.92 Å². The lowest BCUT2D eigenvalue weighted by atomic mass is 10.1. The van der Waals surface area contributed by atoms with E-state index in [-0.39, 0.29) is 4.88 Å². The second-order valence-electron chi connectivity index (χ2n) is 4.27. The van der Waals surface area contributed by atoms with E-state index in [0.29, 0.717) is 10.8 Å². The molecule has 3 rings (SSSR count). The van der Waals surface area contributed by atoms with Gasteiger partial charge < -0.3 is 10.4 Å². The predicted octanol–water partition coefficient (Wildman–Crippen LogP) is 3.44. The van der Waals surface area contributed by atoms with Crippen molar-refractivity contribution in [2.24, 2.45) is 0 Å². The third-order valence-electron chi connectivity index (χ3n) is 2.91. The number of aromatic carboxylic acids is 1. The van der Waals surface area contributed by atoms with Gasteiger partial charge in [0.2, 0.25) is 0 Å². The van der Waals surface area contributed by atoms with Gasteiger partial charge in [-0.3, -0.25) is 4.98 Å². The van der Waals surface area contributed by atoms with E-state index in [1.54, 1.807) is 19.3 Å². The molecule has 0 unspecified atom stereocenters. The number of aryl methyl sites for hydroxylation is 1. The number of aromatic nitrogens is 2. The Labute approximate surface area is 118 Å². The number of hydrogen-bond donors (Lipinski definition) is 2.